The van der Waals surface area contributed by atoms with E-state index in [2.05, 4.69) is 0 Å². The van der Waals surface area contributed by atoms with Gasteiger partial charge in [-0.15, -0.1) is 0 Å². The molecule has 0 aliphatic carbocycles. The van der Waals surface area contributed by atoms with Crippen LogP contribution < -0.4 is 4.90 Å². The summed E-state index contributed by atoms with van der Waals surface area (Å²) in [5, 5.41) is 9.14. The molecule has 0 amide bonds. The van der Waals surface area contributed by atoms with Gasteiger partial charge in [-0.25, -0.2) is 4.39 Å². The van der Waals surface area contributed by atoms with Gasteiger partial charge in [-0.3, -0.25) is 0 Å². The van der Waals surface area contributed by atoms with E-state index in [0.29, 0.717) is 18.8 Å². The van der Waals surface area contributed by atoms with Crippen molar-refractivity contribution in [2.45, 2.75) is 38.9 Å². The van der Waals surface area contributed by atoms with E-state index >= 15 is 0 Å². The molecule has 1 aromatic rings. The van der Waals surface area contributed by atoms with Crippen LogP contribution in [0, 0.1) is 17.1 Å². The first-order chi connectivity index (χ1) is 8.74. The third kappa shape index (κ3) is 2.87. The first-order valence-corrected chi connectivity index (χ1v) is 6.38. The number of rotatable bonds is 1. The molecule has 2 rings (SSSR count). The predicted molar refractivity (Wildman–Crippen MR) is 72.6 cm³/mol. The zero-order valence-electron chi connectivity index (χ0n) is 11.8. The monoisotopic (exact) mass is 262 g/mol. The maximum Gasteiger partial charge on any atom is 0.143 e. The summed E-state index contributed by atoms with van der Waals surface area (Å²) in [5.74, 6) is -0.470. The molecule has 0 N–H and O–H groups in total. The van der Waals surface area contributed by atoms with Gasteiger partial charge in [0.2, 0.25) is 0 Å². The Bertz CT molecular complexity index is 515. The fraction of sp³-hybridized carbons (Fsp3) is 0.533. The molecule has 1 aliphatic rings. The van der Waals surface area contributed by atoms with Gasteiger partial charge in [0.15, 0.2) is 0 Å². The van der Waals surface area contributed by atoms with E-state index in [1.54, 1.807) is 12.1 Å². The quantitative estimate of drug-likeness (QED) is 0.780. The van der Waals surface area contributed by atoms with Crippen LogP contribution in [0.1, 0.15) is 33.3 Å². The number of nitrogens with zero attached hydrogens (tertiary/aromatic N) is 2. The molecule has 0 unspecified atom stereocenters. The Morgan fingerprint density at radius 1 is 1.21 bits per heavy atom. The second-order valence-electron chi connectivity index (χ2n) is 6.22. The first-order valence-electron chi connectivity index (χ1n) is 6.38. The summed E-state index contributed by atoms with van der Waals surface area (Å²) < 4.78 is 19.7. The molecule has 0 aromatic heterocycles. The van der Waals surface area contributed by atoms with Crippen molar-refractivity contribution in [3.63, 3.8) is 0 Å². The first kappa shape index (κ1) is 13.8. The number of ether oxygens (including phenoxy) is 1. The van der Waals surface area contributed by atoms with E-state index < -0.39 is 5.82 Å². The van der Waals surface area contributed by atoms with Crippen LogP contribution >= 0.6 is 0 Å². The van der Waals surface area contributed by atoms with Crippen molar-refractivity contribution < 1.29 is 9.13 Å². The van der Waals surface area contributed by atoms with Crippen molar-refractivity contribution in [3.05, 3.63) is 29.6 Å². The largest absolute Gasteiger partial charge is 0.366 e. The van der Waals surface area contributed by atoms with Crippen molar-refractivity contribution in [1.82, 2.24) is 0 Å². The van der Waals surface area contributed by atoms with E-state index in [9.17, 15) is 4.39 Å². The molecular formula is C15H19FN2O. The number of anilines is 1. The van der Waals surface area contributed by atoms with E-state index in [1.807, 2.05) is 38.7 Å². The van der Waals surface area contributed by atoms with Crippen LogP contribution in [0.5, 0.6) is 0 Å². The summed E-state index contributed by atoms with van der Waals surface area (Å²) in [6, 6.07) is 6.71. The highest BCUT2D eigenvalue weighted by Crippen LogP contribution is 2.33. The Morgan fingerprint density at radius 2 is 1.79 bits per heavy atom. The standard InChI is InChI=1S/C15H19FN2O/c1-14(2)9-18(10-15(3,4)19-14)13-7-5-6-12(16)11(13)8-17/h5-7H,9-10H2,1-4H3. The topological polar surface area (TPSA) is 36.3 Å². The van der Waals surface area contributed by atoms with Crippen LogP contribution in [0.15, 0.2) is 18.2 Å². The molecule has 4 heteroatoms. The SMILES string of the molecule is CC1(C)CN(c2cccc(F)c2C#N)CC(C)(C)O1. The minimum absolute atomic E-state index is 0.107. The summed E-state index contributed by atoms with van der Waals surface area (Å²) in [4.78, 5) is 2.03. The molecule has 0 spiro atoms. The Hall–Kier alpha value is -1.60. The van der Waals surface area contributed by atoms with Gasteiger partial charge < -0.3 is 9.64 Å². The number of hydrogen-bond donors (Lipinski definition) is 0. The lowest BCUT2D eigenvalue weighted by molar-refractivity contribution is -0.133. The normalized spacial score (nSPS) is 20.9. The zero-order valence-corrected chi connectivity index (χ0v) is 11.8. The Morgan fingerprint density at radius 3 is 2.32 bits per heavy atom. The molecule has 1 fully saturated rings. The van der Waals surface area contributed by atoms with Crippen molar-refractivity contribution in [1.29, 1.82) is 5.26 Å². The lowest BCUT2D eigenvalue weighted by Gasteiger charge is -2.48. The predicted octanol–water partition coefficient (Wildman–Crippen LogP) is 3.09. The van der Waals surface area contributed by atoms with E-state index in [1.165, 1.54) is 6.07 Å². The van der Waals surface area contributed by atoms with Gasteiger partial charge in [0.05, 0.1) is 16.9 Å². The van der Waals surface area contributed by atoms with Gasteiger partial charge in [-0.05, 0) is 39.8 Å². The summed E-state index contributed by atoms with van der Waals surface area (Å²) in [5.41, 5.74) is 0.0876. The minimum Gasteiger partial charge on any atom is -0.366 e. The summed E-state index contributed by atoms with van der Waals surface area (Å²) in [6.45, 7) is 9.29. The minimum atomic E-state index is -0.470. The second-order valence-corrected chi connectivity index (χ2v) is 6.22. The summed E-state index contributed by atoms with van der Waals surface area (Å²) >= 11 is 0. The number of hydrogen-bond acceptors (Lipinski definition) is 3. The molecule has 1 aromatic carbocycles. The van der Waals surface area contributed by atoms with Gasteiger partial charge in [0.25, 0.3) is 0 Å². The fourth-order valence-electron chi connectivity index (χ4n) is 2.84. The number of nitriles is 1. The van der Waals surface area contributed by atoms with Crippen LogP contribution in [-0.2, 0) is 4.74 Å². The average molecular weight is 262 g/mol. The summed E-state index contributed by atoms with van der Waals surface area (Å²) in [7, 11) is 0. The molecule has 3 nitrogen and oxygen atoms in total. The highest BCUT2D eigenvalue weighted by molar-refractivity contribution is 5.60. The van der Waals surface area contributed by atoms with Gasteiger partial charge in [-0.2, -0.15) is 5.26 Å². The van der Waals surface area contributed by atoms with E-state index in [4.69, 9.17) is 10.00 Å². The number of morpholine rings is 1. The van der Waals surface area contributed by atoms with Gasteiger partial charge >= 0.3 is 0 Å². The number of benzene rings is 1. The van der Waals surface area contributed by atoms with E-state index in [0.717, 1.165) is 0 Å². The molecule has 19 heavy (non-hydrogen) atoms. The van der Waals surface area contributed by atoms with Gasteiger partial charge in [0.1, 0.15) is 17.4 Å². The Balaban J connectivity index is 2.42. The molecule has 0 atom stereocenters. The number of halogens is 1. The molecule has 1 saturated heterocycles. The fourth-order valence-corrected chi connectivity index (χ4v) is 2.84. The molecular weight excluding hydrogens is 243 g/mol. The van der Waals surface area contributed by atoms with Crippen LogP contribution in [0.3, 0.4) is 0 Å². The van der Waals surface area contributed by atoms with Crippen LogP contribution in [0.4, 0.5) is 10.1 Å². The van der Waals surface area contributed by atoms with Gasteiger partial charge in [0, 0.05) is 13.1 Å². The van der Waals surface area contributed by atoms with Crippen molar-refractivity contribution in [3.8, 4) is 6.07 Å². The van der Waals surface area contributed by atoms with Crippen molar-refractivity contribution in [2.75, 3.05) is 18.0 Å². The molecule has 1 aliphatic heterocycles. The average Bonchev–Trinajstić information content (AvgIpc) is 2.24. The van der Waals surface area contributed by atoms with Crippen molar-refractivity contribution in [2.24, 2.45) is 0 Å². The second kappa shape index (κ2) is 4.50. The Labute approximate surface area is 113 Å². The van der Waals surface area contributed by atoms with Crippen LogP contribution in [0.2, 0.25) is 0 Å². The smallest absolute Gasteiger partial charge is 0.143 e. The molecule has 1 heterocycles. The van der Waals surface area contributed by atoms with Gasteiger partial charge in [-0.1, -0.05) is 6.07 Å². The zero-order chi connectivity index (χ0) is 14.3. The van der Waals surface area contributed by atoms with Crippen LogP contribution in [0.25, 0.3) is 0 Å². The van der Waals surface area contributed by atoms with Crippen molar-refractivity contribution >= 4 is 5.69 Å². The molecule has 102 valence electrons. The highest BCUT2D eigenvalue weighted by atomic mass is 19.1. The summed E-state index contributed by atoms with van der Waals surface area (Å²) in [6.07, 6.45) is 0. The lowest BCUT2D eigenvalue weighted by atomic mass is 9.97. The molecule has 0 radical (unpaired) electrons. The highest BCUT2D eigenvalue weighted by Gasteiger charge is 2.38. The Kier molecular flexibility index (Phi) is 3.27. The molecule has 0 saturated carbocycles. The van der Waals surface area contributed by atoms with E-state index in [-0.39, 0.29) is 16.8 Å². The third-order valence-corrected chi connectivity index (χ3v) is 3.14. The van der Waals surface area contributed by atoms with Crippen LogP contribution in [-0.4, -0.2) is 24.3 Å². The molecule has 0 bridgehead atoms. The third-order valence-electron chi connectivity index (χ3n) is 3.14. The maximum atomic E-state index is 13.7. The lowest BCUT2D eigenvalue weighted by Crippen LogP contribution is -2.57. The maximum absolute atomic E-state index is 13.7.